The smallest absolute Gasteiger partial charge is 0.394 e. The Balaban J connectivity index is 1.90. The second-order valence-electron chi connectivity index (χ2n) is 6.92. The van der Waals surface area contributed by atoms with Crippen LogP contribution in [0.4, 0.5) is 26.3 Å². The Kier molecular flexibility index (Phi) is 5.62. The van der Waals surface area contributed by atoms with Gasteiger partial charge in [-0.2, -0.15) is 26.3 Å². The first-order chi connectivity index (χ1) is 13.5. The number of amides is 1. The number of hydrogen-bond donors (Lipinski definition) is 1. The van der Waals surface area contributed by atoms with Crippen molar-refractivity contribution in [3.05, 3.63) is 70.3 Å². The molecule has 1 heterocycles. The molecule has 0 saturated carbocycles. The predicted molar refractivity (Wildman–Crippen MR) is 91.7 cm³/mol. The van der Waals surface area contributed by atoms with Crippen molar-refractivity contribution in [1.29, 1.82) is 0 Å². The number of rotatable bonds is 3. The average molecular weight is 417 g/mol. The zero-order valence-corrected chi connectivity index (χ0v) is 15.0. The summed E-state index contributed by atoms with van der Waals surface area (Å²) in [5, 5.41) is 9.61. The molecule has 29 heavy (non-hydrogen) atoms. The average Bonchev–Trinajstić information content (AvgIpc) is 2.65. The third kappa shape index (κ3) is 4.72. The highest BCUT2D eigenvalue weighted by Crippen LogP contribution is 2.36. The largest absolute Gasteiger partial charge is 0.416 e. The zero-order chi connectivity index (χ0) is 21.4. The van der Waals surface area contributed by atoms with Gasteiger partial charge < -0.3 is 10.0 Å². The molecule has 0 spiro atoms. The molecular formula is C20H17F6NO2. The molecule has 3 rings (SSSR count). The Morgan fingerprint density at radius 2 is 1.52 bits per heavy atom. The second kappa shape index (κ2) is 7.70. The number of carbonyl (C=O) groups is 1. The summed E-state index contributed by atoms with van der Waals surface area (Å²) in [5.74, 6) is -0.647. The Bertz CT molecular complexity index is 874. The summed E-state index contributed by atoms with van der Waals surface area (Å²) in [4.78, 5) is 14.0. The third-order valence-corrected chi connectivity index (χ3v) is 4.89. The molecule has 1 amide bonds. The monoisotopic (exact) mass is 417 g/mol. The van der Waals surface area contributed by atoms with Gasteiger partial charge in [-0.25, -0.2) is 0 Å². The molecule has 0 bridgehead atoms. The van der Waals surface area contributed by atoms with Crippen LogP contribution in [0, 0.1) is 0 Å². The Morgan fingerprint density at radius 3 is 2.03 bits per heavy atom. The van der Waals surface area contributed by atoms with Crippen LogP contribution < -0.4 is 0 Å². The van der Waals surface area contributed by atoms with Gasteiger partial charge in [-0.1, -0.05) is 24.3 Å². The summed E-state index contributed by atoms with van der Waals surface area (Å²) < 4.78 is 78.1. The van der Waals surface area contributed by atoms with E-state index in [-0.39, 0.29) is 24.8 Å². The molecule has 1 atom stereocenters. The highest BCUT2D eigenvalue weighted by Gasteiger charge is 2.37. The van der Waals surface area contributed by atoms with Crippen LogP contribution in [-0.2, 0) is 36.5 Å². The molecule has 0 radical (unpaired) electrons. The van der Waals surface area contributed by atoms with Crippen LogP contribution in [0.5, 0.6) is 0 Å². The van der Waals surface area contributed by atoms with E-state index in [1.165, 1.54) is 4.90 Å². The molecule has 1 aliphatic heterocycles. The highest BCUT2D eigenvalue weighted by atomic mass is 19.4. The first-order valence-corrected chi connectivity index (χ1v) is 8.74. The van der Waals surface area contributed by atoms with Crippen molar-refractivity contribution in [3.63, 3.8) is 0 Å². The molecule has 1 N–H and O–H groups in total. The summed E-state index contributed by atoms with van der Waals surface area (Å²) in [6.07, 6.45) is -10.2. The lowest BCUT2D eigenvalue weighted by Gasteiger charge is -2.36. The predicted octanol–water partition coefficient (Wildman–Crippen LogP) is 4.21. The van der Waals surface area contributed by atoms with E-state index in [9.17, 15) is 36.2 Å². The quantitative estimate of drug-likeness (QED) is 0.761. The van der Waals surface area contributed by atoms with Gasteiger partial charge in [0.05, 0.1) is 30.2 Å². The fourth-order valence-electron chi connectivity index (χ4n) is 3.44. The van der Waals surface area contributed by atoms with Gasteiger partial charge in [0, 0.05) is 6.54 Å². The standard InChI is InChI=1S/C20H17F6NO2/c21-19(22,23)15-5-12(6-16(9-15)20(24,25)26)7-18(29)27-10-14-4-2-1-3-13(14)8-17(27)11-28/h1-6,9,17,28H,7-8,10-11H2/t17-/m0/s1. The Labute approximate surface area is 162 Å². The van der Waals surface area contributed by atoms with Crippen LogP contribution in [0.2, 0.25) is 0 Å². The molecule has 0 unspecified atom stereocenters. The van der Waals surface area contributed by atoms with E-state index in [0.717, 1.165) is 11.1 Å². The van der Waals surface area contributed by atoms with E-state index in [1.54, 1.807) is 12.1 Å². The maximum atomic E-state index is 13.0. The van der Waals surface area contributed by atoms with Gasteiger partial charge in [0.25, 0.3) is 0 Å². The van der Waals surface area contributed by atoms with E-state index < -0.39 is 41.8 Å². The molecule has 156 valence electrons. The Hall–Kier alpha value is -2.55. The van der Waals surface area contributed by atoms with Crippen LogP contribution >= 0.6 is 0 Å². The Morgan fingerprint density at radius 1 is 0.966 bits per heavy atom. The number of carbonyl (C=O) groups excluding carboxylic acids is 1. The van der Waals surface area contributed by atoms with Gasteiger partial charge in [-0.05, 0) is 41.3 Å². The number of halogens is 6. The molecule has 9 heteroatoms. The maximum Gasteiger partial charge on any atom is 0.416 e. The maximum absolute atomic E-state index is 13.0. The fraction of sp³-hybridized carbons (Fsp3) is 0.350. The van der Waals surface area contributed by atoms with Gasteiger partial charge >= 0.3 is 12.4 Å². The molecule has 2 aromatic carbocycles. The topological polar surface area (TPSA) is 40.5 Å². The molecule has 0 aromatic heterocycles. The third-order valence-electron chi connectivity index (χ3n) is 4.89. The SMILES string of the molecule is O=C(Cc1cc(C(F)(F)F)cc(C(F)(F)F)c1)N1Cc2ccccc2C[C@H]1CO. The fourth-order valence-corrected chi connectivity index (χ4v) is 3.44. The summed E-state index contributed by atoms with van der Waals surface area (Å²) in [7, 11) is 0. The highest BCUT2D eigenvalue weighted by molar-refractivity contribution is 5.79. The second-order valence-corrected chi connectivity index (χ2v) is 6.92. The normalized spacial score (nSPS) is 17.2. The lowest BCUT2D eigenvalue weighted by molar-refractivity contribution is -0.143. The molecular weight excluding hydrogens is 400 g/mol. The molecule has 2 aromatic rings. The number of fused-ring (bicyclic) bond motifs is 1. The van der Waals surface area contributed by atoms with Crippen molar-refractivity contribution < 1.29 is 36.2 Å². The van der Waals surface area contributed by atoms with E-state index in [4.69, 9.17) is 0 Å². The van der Waals surface area contributed by atoms with E-state index in [1.807, 2.05) is 12.1 Å². The van der Waals surface area contributed by atoms with Gasteiger partial charge in [0.2, 0.25) is 5.91 Å². The van der Waals surface area contributed by atoms with Crippen LogP contribution in [0.1, 0.15) is 27.8 Å². The van der Waals surface area contributed by atoms with Crippen LogP contribution in [0.3, 0.4) is 0 Å². The number of nitrogens with zero attached hydrogens (tertiary/aromatic N) is 1. The van der Waals surface area contributed by atoms with E-state index in [0.29, 0.717) is 18.6 Å². The van der Waals surface area contributed by atoms with Gasteiger partial charge in [-0.15, -0.1) is 0 Å². The number of aliphatic hydroxyl groups excluding tert-OH is 1. The van der Waals surface area contributed by atoms with Gasteiger partial charge in [0.1, 0.15) is 0 Å². The van der Waals surface area contributed by atoms with E-state index >= 15 is 0 Å². The minimum absolute atomic E-state index is 0.0294. The van der Waals surface area contributed by atoms with Crippen molar-refractivity contribution >= 4 is 5.91 Å². The van der Waals surface area contributed by atoms with Crippen molar-refractivity contribution in [2.24, 2.45) is 0 Å². The van der Waals surface area contributed by atoms with Gasteiger partial charge in [0.15, 0.2) is 0 Å². The van der Waals surface area contributed by atoms with Crippen molar-refractivity contribution in [2.45, 2.75) is 37.8 Å². The van der Waals surface area contributed by atoms with Crippen LogP contribution in [0.15, 0.2) is 42.5 Å². The number of hydrogen-bond acceptors (Lipinski definition) is 2. The minimum Gasteiger partial charge on any atom is -0.394 e. The van der Waals surface area contributed by atoms with Crippen molar-refractivity contribution in [3.8, 4) is 0 Å². The molecule has 0 aliphatic carbocycles. The summed E-state index contributed by atoms with van der Waals surface area (Å²) in [6, 6.07) is 7.76. The number of aliphatic hydroxyl groups is 1. The molecule has 3 nitrogen and oxygen atoms in total. The van der Waals surface area contributed by atoms with Gasteiger partial charge in [-0.3, -0.25) is 4.79 Å². The van der Waals surface area contributed by atoms with Crippen LogP contribution in [-0.4, -0.2) is 28.6 Å². The van der Waals surface area contributed by atoms with Crippen molar-refractivity contribution in [1.82, 2.24) is 4.90 Å². The zero-order valence-electron chi connectivity index (χ0n) is 15.0. The van der Waals surface area contributed by atoms with E-state index in [2.05, 4.69) is 0 Å². The van der Waals surface area contributed by atoms with Crippen LogP contribution in [0.25, 0.3) is 0 Å². The van der Waals surface area contributed by atoms with Crippen molar-refractivity contribution in [2.75, 3.05) is 6.61 Å². The lowest BCUT2D eigenvalue weighted by Crippen LogP contribution is -2.46. The molecule has 1 aliphatic rings. The number of alkyl halides is 6. The summed E-state index contributed by atoms with van der Waals surface area (Å²) >= 11 is 0. The first kappa shape index (κ1) is 21.2. The molecule has 0 saturated heterocycles. The lowest BCUT2D eigenvalue weighted by atomic mass is 9.93. The summed E-state index contributed by atoms with van der Waals surface area (Å²) in [5.41, 5.74) is -1.54. The number of benzene rings is 2. The summed E-state index contributed by atoms with van der Waals surface area (Å²) in [6.45, 7) is -0.234. The first-order valence-electron chi connectivity index (χ1n) is 8.74. The molecule has 0 fully saturated rings. The minimum atomic E-state index is -4.98.